The van der Waals surface area contributed by atoms with Gasteiger partial charge in [0, 0.05) is 20.1 Å². The molecule has 2 aliphatic heterocycles. The Bertz CT molecular complexity index is 167. The first-order valence-corrected chi connectivity index (χ1v) is 4.89. The molecule has 0 aromatic rings. The quantitative estimate of drug-likeness (QED) is 0.616. The van der Waals surface area contributed by atoms with Gasteiger partial charge in [-0.25, -0.2) is 10.0 Å². The molecule has 70 valence electrons. The first kappa shape index (κ1) is 8.48. The van der Waals surface area contributed by atoms with Gasteiger partial charge in [0.05, 0.1) is 6.17 Å². The maximum atomic E-state index is 3.56. The highest BCUT2D eigenvalue weighted by Crippen LogP contribution is 2.33. The Kier molecular flexibility index (Phi) is 2.10. The standard InChI is InChI=1S/C9H19N3/c1-7-8-4-5-10-9(6-8)12(7)11(2)3/h7-10H,4-6H2,1-3H3. The molecular formula is C9H19N3. The zero-order valence-electron chi connectivity index (χ0n) is 8.25. The van der Waals surface area contributed by atoms with Crippen LogP contribution in [0.3, 0.4) is 0 Å². The molecule has 3 atom stereocenters. The van der Waals surface area contributed by atoms with Crippen molar-refractivity contribution in [3.8, 4) is 0 Å². The second-order valence-corrected chi connectivity index (χ2v) is 4.22. The Labute approximate surface area is 74.7 Å². The van der Waals surface area contributed by atoms with Gasteiger partial charge in [-0.1, -0.05) is 0 Å². The first-order chi connectivity index (χ1) is 5.70. The van der Waals surface area contributed by atoms with E-state index in [-0.39, 0.29) is 0 Å². The van der Waals surface area contributed by atoms with E-state index in [1.165, 1.54) is 19.4 Å². The van der Waals surface area contributed by atoms with Crippen molar-refractivity contribution >= 4 is 0 Å². The lowest BCUT2D eigenvalue weighted by molar-refractivity contribution is -0.0285. The maximum absolute atomic E-state index is 3.56. The Morgan fingerprint density at radius 1 is 1.42 bits per heavy atom. The molecule has 12 heavy (non-hydrogen) atoms. The molecular weight excluding hydrogens is 150 g/mol. The molecule has 2 bridgehead atoms. The number of hydrogen-bond acceptors (Lipinski definition) is 3. The Morgan fingerprint density at radius 2 is 2.17 bits per heavy atom. The number of nitrogens with one attached hydrogen (secondary N) is 1. The third kappa shape index (κ3) is 1.16. The fourth-order valence-corrected chi connectivity index (χ4v) is 2.71. The minimum absolute atomic E-state index is 0.605. The van der Waals surface area contributed by atoms with E-state index in [0.29, 0.717) is 6.17 Å². The van der Waals surface area contributed by atoms with Gasteiger partial charge in [0.25, 0.3) is 0 Å². The van der Waals surface area contributed by atoms with Crippen LogP contribution in [0.1, 0.15) is 19.8 Å². The SMILES string of the molecule is CC1C2CCNC(C2)N1N(C)C. The summed E-state index contributed by atoms with van der Waals surface area (Å²) in [7, 11) is 4.28. The third-order valence-electron chi connectivity index (χ3n) is 3.30. The average molecular weight is 169 g/mol. The van der Waals surface area contributed by atoms with Crippen molar-refractivity contribution in [2.24, 2.45) is 5.92 Å². The summed E-state index contributed by atoms with van der Waals surface area (Å²) in [5.41, 5.74) is 0. The summed E-state index contributed by atoms with van der Waals surface area (Å²) >= 11 is 0. The molecule has 2 saturated heterocycles. The fourth-order valence-electron chi connectivity index (χ4n) is 2.71. The predicted molar refractivity (Wildman–Crippen MR) is 49.5 cm³/mol. The van der Waals surface area contributed by atoms with Gasteiger partial charge in [-0.3, -0.25) is 0 Å². The van der Waals surface area contributed by atoms with Crippen LogP contribution in [0.5, 0.6) is 0 Å². The summed E-state index contributed by atoms with van der Waals surface area (Å²) in [6, 6.07) is 0.722. The van der Waals surface area contributed by atoms with Crippen LogP contribution >= 0.6 is 0 Å². The Morgan fingerprint density at radius 3 is 2.75 bits per heavy atom. The number of rotatable bonds is 1. The molecule has 2 rings (SSSR count). The molecule has 0 aromatic heterocycles. The van der Waals surface area contributed by atoms with Crippen LogP contribution in [0, 0.1) is 5.92 Å². The topological polar surface area (TPSA) is 18.5 Å². The molecule has 0 saturated carbocycles. The van der Waals surface area contributed by atoms with E-state index >= 15 is 0 Å². The van der Waals surface area contributed by atoms with Gasteiger partial charge < -0.3 is 5.32 Å². The van der Waals surface area contributed by atoms with E-state index in [9.17, 15) is 0 Å². The average Bonchev–Trinajstić information content (AvgIpc) is 2.24. The van der Waals surface area contributed by atoms with Gasteiger partial charge in [0.1, 0.15) is 0 Å². The smallest absolute Gasteiger partial charge is 0.0741 e. The lowest BCUT2D eigenvalue weighted by Gasteiger charge is -2.33. The molecule has 2 aliphatic rings. The molecule has 3 unspecified atom stereocenters. The number of fused-ring (bicyclic) bond motifs is 2. The number of hydrazine groups is 1. The number of piperidine rings is 1. The van der Waals surface area contributed by atoms with Crippen LogP contribution in [-0.2, 0) is 0 Å². The summed E-state index contributed by atoms with van der Waals surface area (Å²) in [4.78, 5) is 0. The van der Waals surface area contributed by atoms with E-state index in [4.69, 9.17) is 0 Å². The molecule has 0 aliphatic carbocycles. The lowest BCUT2D eigenvalue weighted by atomic mass is 9.95. The third-order valence-corrected chi connectivity index (χ3v) is 3.30. The van der Waals surface area contributed by atoms with Crippen molar-refractivity contribution in [2.45, 2.75) is 32.0 Å². The van der Waals surface area contributed by atoms with Crippen LogP contribution in [0.4, 0.5) is 0 Å². The summed E-state index contributed by atoms with van der Waals surface area (Å²) in [5.74, 6) is 0.915. The first-order valence-electron chi connectivity index (χ1n) is 4.89. The minimum Gasteiger partial charge on any atom is -0.301 e. The fraction of sp³-hybridized carbons (Fsp3) is 1.00. The lowest BCUT2D eigenvalue weighted by Crippen LogP contribution is -2.50. The molecule has 0 spiro atoms. The zero-order chi connectivity index (χ0) is 8.72. The molecule has 3 heteroatoms. The molecule has 0 radical (unpaired) electrons. The van der Waals surface area contributed by atoms with Crippen molar-refractivity contribution < 1.29 is 0 Å². The zero-order valence-corrected chi connectivity index (χ0v) is 8.25. The van der Waals surface area contributed by atoms with Crippen molar-refractivity contribution in [1.29, 1.82) is 0 Å². The number of nitrogens with zero attached hydrogens (tertiary/aromatic N) is 2. The van der Waals surface area contributed by atoms with E-state index in [2.05, 4.69) is 36.4 Å². The summed E-state index contributed by atoms with van der Waals surface area (Å²) in [5, 5.41) is 8.26. The summed E-state index contributed by atoms with van der Waals surface area (Å²) < 4.78 is 0. The molecule has 3 nitrogen and oxygen atoms in total. The van der Waals surface area contributed by atoms with Crippen LogP contribution in [0.2, 0.25) is 0 Å². The van der Waals surface area contributed by atoms with Gasteiger partial charge in [-0.15, -0.1) is 0 Å². The van der Waals surface area contributed by atoms with Crippen LogP contribution in [-0.4, -0.2) is 42.9 Å². The highest BCUT2D eigenvalue weighted by Gasteiger charge is 2.41. The van der Waals surface area contributed by atoms with Crippen molar-refractivity contribution in [2.75, 3.05) is 20.6 Å². The highest BCUT2D eigenvalue weighted by molar-refractivity contribution is 4.92. The molecule has 0 amide bonds. The maximum Gasteiger partial charge on any atom is 0.0741 e. The summed E-state index contributed by atoms with van der Waals surface area (Å²) in [6.07, 6.45) is 3.29. The van der Waals surface area contributed by atoms with Crippen LogP contribution < -0.4 is 5.32 Å². The van der Waals surface area contributed by atoms with Gasteiger partial charge in [0.2, 0.25) is 0 Å². The van der Waals surface area contributed by atoms with Crippen LogP contribution in [0.15, 0.2) is 0 Å². The molecule has 0 aromatic carbocycles. The van der Waals surface area contributed by atoms with Crippen molar-refractivity contribution in [3.63, 3.8) is 0 Å². The second-order valence-electron chi connectivity index (χ2n) is 4.22. The van der Waals surface area contributed by atoms with Crippen molar-refractivity contribution in [1.82, 2.24) is 15.3 Å². The van der Waals surface area contributed by atoms with Gasteiger partial charge in [-0.2, -0.15) is 0 Å². The minimum atomic E-state index is 0.605. The predicted octanol–water partition coefficient (Wildman–Crippen LogP) is 0.493. The Balaban J connectivity index is 2.13. The second kappa shape index (κ2) is 2.98. The molecule has 2 heterocycles. The van der Waals surface area contributed by atoms with E-state index < -0.39 is 0 Å². The Hall–Kier alpha value is -0.120. The number of hydrogen-bond donors (Lipinski definition) is 1. The molecule has 1 N–H and O–H groups in total. The van der Waals surface area contributed by atoms with E-state index in [0.717, 1.165) is 12.0 Å². The van der Waals surface area contributed by atoms with E-state index in [1.54, 1.807) is 0 Å². The van der Waals surface area contributed by atoms with Gasteiger partial charge in [-0.05, 0) is 32.2 Å². The monoisotopic (exact) mass is 169 g/mol. The van der Waals surface area contributed by atoms with Gasteiger partial charge in [0.15, 0.2) is 0 Å². The molecule has 2 fully saturated rings. The largest absolute Gasteiger partial charge is 0.301 e. The van der Waals surface area contributed by atoms with Crippen LogP contribution in [0.25, 0.3) is 0 Å². The highest BCUT2D eigenvalue weighted by atomic mass is 15.7. The van der Waals surface area contributed by atoms with Gasteiger partial charge >= 0.3 is 0 Å². The normalized spacial score (nSPS) is 42.5. The van der Waals surface area contributed by atoms with Crippen molar-refractivity contribution in [3.05, 3.63) is 0 Å². The van der Waals surface area contributed by atoms with E-state index in [1.807, 2.05) is 0 Å². The summed E-state index contributed by atoms with van der Waals surface area (Å²) in [6.45, 7) is 3.54.